The molecule has 1 amide bonds. The van der Waals surface area contributed by atoms with Crippen LogP contribution in [0, 0.1) is 0 Å². The summed E-state index contributed by atoms with van der Waals surface area (Å²) in [5.74, 6) is 1.99. The van der Waals surface area contributed by atoms with Crippen molar-refractivity contribution in [2.24, 2.45) is 0 Å². The van der Waals surface area contributed by atoms with E-state index < -0.39 is 0 Å². The second-order valence-corrected chi connectivity index (χ2v) is 7.29. The maximum atomic E-state index is 12.6. The number of nitrogens with zero attached hydrogens (tertiary/aromatic N) is 3. The summed E-state index contributed by atoms with van der Waals surface area (Å²) >= 11 is 12.1. The average molecular weight is 436 g/mol. The van der Waals surface area contributed by atoms with E-state index in [1.165, 1.54) is 0 Å². The number of piperazine rings is 1. The van der Waals surface area contributed by atoms with Gasteiger partial charge in [0, 0.05) is 38.5 Å². The van der Waals surface area contributed by atoms with Crippen LogP contribution in [0.25, 0.3) is 6.08 Å². The van der Waals surface area contributed by atoms with Crippen LogP contribution in [-0.4, -0.2) is 55.7 Å². The van der Waals surface area contributed by atoms with E-state index in [2.05, 4.69) is 9.88 Å². The average Bonchev–Trinajstić information content (AvgIpc) is 2.72. The Hall–Kier alpha value is -2.44. The van der Waals surface area contributed by atoms with Gasteiger partial charge in [0.2, 0.25) is 5.91 Å². The van der Waals surface area contributed by atoms with Crippen molar-refractivity contribution < 1.29 is 14.3 Å². The predicted octanol–water partition coefficient (Wildman–Crippen LogP) is 4.16. The largest absolute Gasteiger partial charge is 0.493 e. The summed E-state index contributed by atoms with van der Waals surface area (Å²) in [4.78, 5) is 20.7. The molecule has 0 N–H and O–H groups in total. The Balaban J connectivity index is 1.60. The molecule has 2 aromatic rings. The van der Waals surface area contributed by atoms with Crippen LogP contribution < -0.4 is 14.4 Å². The second-order valence-electron chi connectivity index (χ2n) is 6.45. The SMILES string of the molecule is CCOc1cc(/C=C/C(=O)N2CCN(c3ncc(Cl)cc3Cl)CC2)ccc1OC. The normalized spacial score (nSPS) is 14.3. The zero-order valence-corrected chi connectivity index (χ0v) is 17.9. The number of rotatable bonds is 6. The molecule has 6 nitrogen and oxygen atoms in total. The van der Waals surface area contributed by atoms with Gasteiger partial charge >= 0.3 is 0 Å². The van der Waals surface area contributed by atoms with E-state index in [0.29, 0.717) is 60.1 Å². The van der Waals surface area contributed by atoms with Crippen molar-refractivity contribution in [2.45, 2.75) is 6.92 Å². The molecule has 1 aromatic carbocycles. The van der Waals surface area contributed by atoms with Gasteiger partial charge < -0.3 is 19.3 Å². The van der Waals surface area contributed by atoms with E-state index in [9.17, 15) is 4.79 Å². The Morgan fingerprint density at radius 3 is 2.59 bits per heavy atom. The third-order valence-corrected chi connectivity index (χ3v) is 5.07. The highest BCUT2D eigenvalue weighted by Gasteiger charge is 2.22. The number of carbonyl (C=O) groups is 1. The fourth-order valence-electron chi connectivity index (χ4n) is 3.12. The fraction of sp³-hybridized carbons (Fsp3) is 0.333. The number of ether oxygens (including phenoxy) is 2. The van der Waals surface area contributed by atoms with E-state index in [4.69, 9.17) is 32.7 Å². The standard InChI is InChI=1S/C21H23Cl2N3O3/c1-3-29-19-12-15(4-6-18(19)28-2)5-7-20(27)25-8-10-26(11-9-25)21-17(23)13-16(22)14-24-21/h4-7,12-14H,3,8-11H2,1-2H3/b7-5+. The maximum absolute atomic E-state index is 12.6. The molecule has 1 aliphatic heterocycles. The van der Waals surface area contributed by atoms with Gasteiger partial charge in [-0.05, 0) is 36.8 Å². The summed E-state index contributed by atoms with van der Waals surface area (Å²) < 4.78 is 10.9. The molecule has 29 heavy (non-hydrogen) atoms. The predicted molar refractivity (Wildman–Crippen MR) is 116 cm³/mol. The van der Waals surface area contributed by atoms with Crippen molar-refractivity contribution in [3.8, 4) is 11.5 Å². The number of pyridine rings is 1. The van der Waals surface area contributed by atoms with Gasteiger partial charge in [0.1, 0.15) is 5.82 Å². The van der Waals surface area contributed by atoms with Crippen molar-refractivity contribution in [1.29, 1.82) is 0 Å². The smallest absolute Gasteiger partial charge is 0.246 e. The lowest BCUT2D eigenvalue weighted by atomic mass is 10.2. The molecular weight excluding hydrogens is 413 g/mol. The van der Waals surface area contributed by atoms with Crippen LogP contribution >= 0.6 is 23.2 Å². The number of benzene rings is 1. The zero-order valence-electron chi connectivity index (χ0n) is 16.4. The van der Waals surface area contributed by atoms with E-state index in [1.54, 1.807) is 31.5 Å². The molecule has 1 aliphatic rings. The van der Waals surface area contributed by atoms with Gasteiger partial charge in [0.05, 0.1) is 23.8 Å². The molecule has 0 aliphatic carbocycles. The molecule has 0 radical (unpaired) electrons. The lowest BCUT2D eigenvalue weighted by molar-refractivity contribution is -0.126. The highest BCUT2D eigenvalue weighted by Crippen LogP contribution is 2.29. The molecule has 154 valence electrons. The first kappa shape index (κ1) is 21.3. The highest BCUT2D eigenvalue weighted by molar-refractivity contribution is 6.36. The third kappa shape index (κ3) is 5.34. The topological polar surface area (TPSA) is 54.9 Å². The molecule has 0 spiro atoms. The van der Waals surface area contributed by atoms with Gasteiger partial charge in [-0.2, -0.15) is 0 Å². The van der Waals surface area contributed by atoms with Crippen LogP contribution in [0.3, 0.4) is 0 Å². The zero-order chi connectivity index (χ0) is 20.8. The molecule has 1 fully saturated rings. The Morgan fingerprint density at radius 1 is 1.17 bits per heavy atom. The first-order valence-electron chi connectivity index (χ1n) is 9.35. The molecule has 2 heterocycles. The van der Waals surface area contributed by atoms with E-state index in [0.717, 1.165) is 5.56 Å². The van der Waals surface area contributed by atoms with Crippen LogP contribution in [0.4, 0.5) is 5.82 Å². The minimum Gasteiger partial charge on any atom is -0.493 e. The minimum atomic E-state index is -0.0337. The van der Waals surface area contributed by atoms with Crippen LogP contribution in [0.5, 0.6) is 11.5 Å². The Bertz CT molecular complexity index is 897. The molecule has 3 rings (SSSR count). The molecule has 0 atom stereocenters. The van der Waals surface area contributed by atoms with Crippen LogP contribution in [0.1, 0.15) is 12.5 Å². The molecule has 0 unspecified atom stereocenters. The Labute approximate surface area is 180 Å². The highest BCUT2D eigenvalue weighted by atomic mass is 35.5. The van der Waals surface area contributed by atoms with Crippen LogP contribution in [-0.2, 0) is 4.79 Å². The molecule has 1 aromatic heterocycles. The number of methoxy groups -OCH3 is 1. The Morgan fingerprint density at radius 2 is 1.93 bits per heavy atom. The lowest BCUT2D eigenvalue weighted by Crippen LogP contribution is -2.48. The Kier molecular flexibility index (Phi) is 7.23. The number of carbonyl (C=O) groups excluding carboxylic acids is 1. The molecule has 8 heteroatoms. The summed E-state index contributed by atoms with van der Waals surface area (Å²) in [6.45, 7) is 4.96. The number of amides is 1. The van der Waals surface area contributed by atoms with Gasteiger partial charge in [-0.3, -0.25) is 4.79 Å². The van der Waals surface area contributed by atoms with Crippen LogP contribution in [0.15, 0.2) is 36.5 Å². The lowest BCUT2D eigenvalue weighted by Gasteiger charge is -2.35. The fourth-order valence-corrected chi connectivity index (χ4v) is 3.62. The summed E-state index contributed by atoms with van der Waals surface area (Å²) in [5, 5.41) is 1.02. The first-order valence-corrected chi connectivity index (χ1v) is 10.1. The summed E-state index contributed by atoms with van der Waals surface area (Å²) in [5.41, 5.74) is 0.874. The van der Waals surface area contributed by atoms with Crippen molar-refractivity contribution in [3.05, 3.63) is 52.1 Å². The molecule has 0 saturated carbocycles. The number of hydrogen-bond acceptors (Lipinski definition) is 5. The number of aromatic nitrogens is 1. The van der Waals surface area contributed by atoms with Crippen molar-refractivity contribution in [1.82, 2.24) is 9.88 Å². The summed E-state index contributed by atoms with van der Waals surface area (Å²) in [6.07, 6.45) is 4.95. The monoisotopic (exact) mass is 435 g/mol. The molecule has 1 saturated heterocycles. The van der Waals surface area contributed by atoms with E-state index in [-0.39, 0.29) is 5.91 Å². The molecular formula is C21H23Cl2N3O3. The maximum Gasteiger partial charge on any atom is 0.246 e. The number of halogens is 2. The van der Waals surface area contributed by atoms with Crippen LogP contribution in [0.2, 0.25) is 10.0 Å². The van der Waals surface area contributed by atoms with Gasteiger partial charge in [-0.15, -0.1) is 0 Å². The number of hydrogen-bond donors (Lipinski definition) is 0. The first-order chi connectivity index (χ1) is 14.0. The van der Waals surface area contributed by atoms with Gasteiger partial charge in [0.15, 0.2) is 11.5 Å². The van der Waals surface area contributed by atoms with E-state index in [1.807, 2.05) is 30.0 Å². The quantitative estimate of drug-likeness (QED) is 0.637. The van der Waals surface area contributed by atoms with Gasteiger partial charge in [-0.1, -0.05) is 29.3 Å². The summed E-state index contributed by atoms with van der Waals surface area (Å²) in [7, 11) is 1.60. The van der Waals surface area contributed by atoms with Gasteiger partial charge in [-0.25, -0.2) is 4.98 Å². The van der Waals surface area contributed by atoms with Crippen molar-refractivity contribution >= 4 is 41.0 Å². The minimum absolute atomic E-state index is 0.0337. The second kappa shape index (κ2) is 9.85. The molecule has 0 bridgehead atoms. The van der Waals surface area contributed by atoms with Gasteiger partial charge in [0.25, 0.3) is 0 Å². The van der Waals surface area contributed by atoms with E-state index >= 15 is 0 Å². The summed E-state index contributed by atoms with van der Waals surface area (Å²) in [6, 6.07) is 7.25. The number of anilines is 1. The third-order valence-electron chi connectivity index (χ3n) is 4.59. The van der Waals surface area contributed by atoms with Crippen molar-refractivity contribution in [3.63, 3.8) is 0 Å². The van der Waals surface area contributed by atoms with Crippen molar-refractivity contribution in [2.75, 3.05) is 44.8 Å².